The largest absolute Gasteiger partial charge is 0.379 e. The molecule has 0 aliphatic carbocycles. The lowest BCUT2D eigenvalue weighted by molar-refractivity contribution is -0.125. The third-order valence-corrected chi connectivity index (χ3v) is 3.32. The van der Waals surface area contributed by atoms with Gasteiger partial charge in [0.15, 0.2) is 0 Å². The molecule has 2 rings (SSSR count). The van der Waals surface area contributed by atoms with Crippen LogP contribution in [-0.2, 0) is 16.0 Å². The molecule has 1 aromatic rings. The number of imidazole rings is 1. The molecule has 2 atom stereocenters. The van der Waals surface area contributed by atoms with Gasteiger partial charge in [0, 0.05) is 30.9 Å². The molecule has 106 valence electrons. The normalized spacial score (nSPS) is 22.6. The maximum Gasteiger partial charge on any atom is 0.227 e. The van der Waals surface area contributed by atoms with Gasteiger partial charge in [-0.25, -0.2) is 4.98 Å². The van der Waals surface area contributed by atoms with Gasteiger partial charge < -0.3 is 20.4 Å². The summed E-state index contributed by atoms with van der Waals surface area (Å²) < 4.78 is 5.40. The number of rotatable bonds is 7. The van der Waals surface area contributed by atoms with Crippen LogP contribution in [-0.4, -0.2) is 48.2 Å². The van der Waals surface area contributed by atoms with Crippen LogP contribution in [0.2, 0.25) is 0 Å². The number of ether oxygens (including phenoxy) is 1. The number of hydrogen-bond acceptors (Lipinski definition) is 4. The van der Waals surface area contributed by atoms with Crippen LogP contribution < -0.4 is 10.6 Å². The lowest BCUT2D eigenvalue weighted by Gasteiger charge is -2.18. The Bertz CT molecular complexity index is 380. The first-order chi connectivity index (χ1) is 9.31. The molecule has 1 amide bonds. The number of carbonyl (C=O) groups is 1. The van der Waals surface area contributed by atoms with E-state index in [0.29, 0.717) is 19.8 Å². The predicted molar refractivity (Wildman–Crippen MR) is 71.7 cm³/mol. The van der Waals surface area contributed by atoms with Crippen molar-refractivity contribution in [1.29, 1.82) is 0 Å². The van der Waals surface area contributed by atoms with Crippen LogP contribution in [0.25, 0.3) is 0 Å². The third kappa shape index (κ3) is 4.04. The van der Waals surface area contributed by atoms with Crippen LogP contribution in [0.15, 0.2) is 12.5 Å². The van der Waals surface area contributed by atoms with Gasteiger partial charge in [0.05, 0.1) is 25.5 Å². The second-order valence-corrected chi connectivity index (χ2v) is 4.82. The molecule has 1 fully saturated rings. The summed E-state index contributed by atoms with van der Waals surface area (Å²) in [4.78, 5) is 19.1. The number of hydrogen-bond donors (Lipinski definition) is 3. The molecule has 0 aromatic carbocycles. The van der Waals surface area contributed by atoms with Crippen LogP contribution in [0.5, 0.6) is 0 Å². The minimum Gasteiger partial charge on any atom is -0.379 e. The van der Waals surface area contributed by atoms with Crippen LogP contribution in [0, 0.1) is 5.92 Å². The Labute approximate surface area is 113 Å². The molecule has 0 saturated carbocycles. The van der Waals surface area contributed by atoms with Crippen molar-refractivity contribution in [3.8, 4) is 0 Å². The van der Waals surface area contributed by atoms with Gasteiger partial charge >= 0.3 is 0 Å². The van der Waals surface area contributed by atoms with Crippen molar-refractivity contribution in [1.82, 2.24) is 20.6 Å². The lowest BCUT2D eigenvalue weighted by Crippen LogP contribution is -2.44. The van der Waals surface area contributed by atoms with Crippen LogP contribution in [0.3, 0.4) is 0 Å². The number of aromatic nitrogens is 2. The molecule has 0 spiro atoms. The monoisotopic (exact) mass is 266 g/mol. The predicted octanol–water partition coefficient (Wildman–Crippen LogP) is 0.0830. The zero-order chi connectivity index (χ0) is 13.5. The zero-order valence-corrected chi connectivity index (χ0v) is 11.3. The Morgan fingerprint density at radius 2 is 2.42 bits per heavy atom. The average Bonchev–Trinajstić information content (AvgIpc) is 3.07. The summed E-state index contributed by atoms with van der Waals surface area (Å²) in [6.07, 6.45) is 5.25. The van der Waals surface area contributed by atoms with Crippen molar-refractivity contribution in [3.05, 3.63) is 18.2 Å². The van der Waals surface area contributed by atoms with Crippen LogP contribution in [0.1, 0.15) is 19.0 Å². The fourth-order valence-corrected chi connectivity index (χ4v) is 2.22. The van der Waals surface area contributed by atoms with E-state index in [1.807, 2.05) is 0 Å². The van der Waals surface area contributed by atoms with Gasteiger partial charge in [-0.05, 0) is 13.0 Å². The first kappa shape index (κ1) is 14.0. The molecular weight excluding hydrogens is 244 g/mol. The highest BCUT2D eigenvalue weighted by molar-refractivity contribution is 5.79. The second kappa shape index (κ2) is 7.25. The van der Waals surface area contributed by atoms with E-state index in [2.05, 4.69) is 27.5 Å². The summed E-state index contributed by atoms with van der Waals surface area (Å²) in [6.45, 7) is 4.79. The van der Waals surface area contributed by atoms with E-state index in [-0.39, 0.29) is 17.9 Å². The summed E-state index contributed by atoms with van der Waals surface area (Å²) >= 11 is 0. The summed E-state index contributed by atoms with van der Waals surface area (Å²) in [5.41, 5.74) is 1.03. The Balaban J connectivity index is 1.72. The van der Waals surface area contributed by atoms with Gasteiger partial charge in [-0.2, -0.15) is 0 Å². The Morgan fingerprint density at radius 3 is 3.16 bits per heavy atom. The van der Waals surface area contributed by atoms with Crippen molar-refractivity contribution in [3.63, 3.8) is 0 Å². The minimum atomic E-state index is -0.0756. The topological polar surface area (TPSA) is 79.0 Å². The van der Waals surface area contributed by atoms with E-state index in [1.165, 1.54) is 0 Å². The Morgan fingerprint density at radius 1 is 1.53 bits per heavy atom. The highest BCUT2D eigenvalue weighted by Gasteiger charge is 2.33. The van der Waals surface area contributed by atoms with Gasteiger partial charge in [0.25, 0.3) is 0 Å². The maximum absolute atomic E-state index is 12.1. The second-order valence-electron chi connectivity index (χ2n) is 4.82. The molecule has 1 aliphatic rings. The van der Waals surface area contributed by atoms with Gasteiger partial charge in [-0.15, -0.1) is 0 Å². The molecule has 1 aliphatic heterocycles. The molecule has 1 saturated heterocycles. The van der Waals surface area contributed by atoms with E-state index >= 15 is 0 Å². The lowest BCUT2D eigenvalue weighted by atomic mass is 10.0. The van der Waals surface area contributed by atoms with E-state index in [4.69, 9.17) is 4.74 Å². The number of nitrogens with zero attached hydrogens (tertiary/aromatic N) is 1. The summed E-state index contributed by atoms with van der Waals surface area (Å²) in [7, 11) is 0. The molecule has 2 heterocycles. The van der Waals surface area contributed by atoms with Gasteiger partial charge in [-0.1, -0.05) is 6.92 Å². The number of amides is 1. The fourth-order valence-electron chi connectivity index (χ4n) is 2.22. The van der Waals surface area contributed by atoms with E-state index in [1.54, 1.807) is 12.5 Å². The van der Waals surface area contributed by atoms with E-state index < -0.39 is 0 Å². The van der Waals surface area contributed by atoms with Crippen LogP contribution in [0.4, 0.5) is 0 Å². The molecule has 2 unspecified atom stereocenters. The van der Waals surface area contributed by atoms with Gasteiger partial charge in [0.2, 0.25) is 5.91 Å². The van der Waals surface area contributed by atoms with Crippen molar-refractivity contribution < 1.29 is 9.53 Å². The molecule has 6 nitrogen and oxygen atoms in total. The molecule has 0 radical (unpaired) electrons. The number of aromatic amines is 1. The number of H-pyrrole nitrogens is 1. The molecule has 6 heteroatoms. The Kier molecular flexibility index (Phi) is 5.35. The first-order valence-corrected chi connectivity index (χ1v) is 6.87. The van der Waals surface area contributed by atoms with Crippen molar-refractivity contribution >= 4 is 5.91 Å². The Hall–Kier alpha value is -1.40. The molecular formula is C13H22N4O2. The number of carbonyl (C=O) groups excluding carboxylic acids is 1. The fraction of sp³-hybridized carbons (Fsp3) is 0.692. The molecule has 3 N–H and O–H groups in total. The molecule has 1 aromatic heterocycles. The van der Waals surface area contributed by atoms with Gasteiger partial charge in [0.1, 0.15) is 0 Å². The minimum absolute atomic E-state index is 0.0746. The summed E-state index contributed by atoms with van der Waals surface area (Å²) in [5.74, 6) is -0.000986. The molecule has 0 bridgehead atoms. The van der Waals surface area contributed by atoms with Gasteiger partial charge in [-0.3, -0.25) is 4.79 Å². The van der Waals surface area contributed by atoms with Crippen molar-refractivity contribution in [2.24, 2.45) is 5.92 Å². The quantitative estimate of drug-likeness (QED) is 0.653. The average molecular weight is 266 g/mol. The molecule has 19 heavy (non-hydrogen) atoms. The first-order valence-electron chi connectivity index (χ1n) is 6.87. The zero-order valence-electron chi connectivity index (χ0n) is 11.3. The standard InChI is InChI=1S/C13H22N4O2/c1-2-4-15-12-8-19-7-11(12)13(18)16-5-3-10-6-14-9-17-10/h6,9,11-12,15H,2-5,7-8H2,1H3,(H,14,17)(H,16,18). The summed E-state index contributed by atoms with van der Waals surface area (Å²) in [5, 5.41) is 6.33. The van der Waals surface area contributed by atoms with Crippen LogP contribution >= 0.6 is 0 Å². The maximum atomic E-state index is 12.1. The van der Waals surface area contributed by atoms with Crippen molar-refractivity contribution in [2.45, 2.75) is 25.8 Å². The van der Waals surface area contributed by atoms with E-state index in [0.717, 1.165) is 25.1 Å². The smallest absolute Gasteiger partial charge is 0.227 e. The van der Waals surface area contributed by atoms with E-state index in [9.17, 15) is 4.79 Å². The SMILES string of the molecule is CCCNC1COCC1C(=O)NCCc1cnc[nH]1. The highest BCUT2D eigenvalue weighted by Crippen LogP contribution is 2.13. The number of nitrogens with one attached hydrogen (secondary N) is 3. The summed E-state index contributed by atoms with van der Waals surface area (Å²) in [6, 6.07) is 0.145. The van der Waals surface area contributed by atoms with Crippen molar-refractivity contribution in [2.75, 3.05) is 26.3 Å². The third-order valence-electron chi connectivity index (χ3n) is 3.32. The highest BCUT2D eigenvalue weighted by atomic mass is 16.5.